The van der Waals surface area contributed by atoms with Crippen molar-refractivity contribution in [2.45, 2.75) is 33.7 Å². The van der Waals surface area contributed by atoms with Crippen LogP contribution in [0.2, 0.25) is 0 Å². The van der Waals surface area contributed by atoms with Crippen LogP contribution in [0.25, 0.3) is 0 Å². The fourth-order valence-electron chi connectivity index (χ4n) is 4.04. The highest BCUT2D eigenvalue weighted by Crippen LogP contribution is 2.41. The number of carbonyl (C=O) groups is 1. The van der Waals surface area contributed by atoms with E-state index < -0.39 is 0 Å². The molecule has 0 bridgehead atoms. The molecule has 0 saturated heterocycles. The van der Waals surface area contributed by atoms with Crippen LogP contribution in [-0.2, 0) is 0 Å². The number of thiophene rings is 1. The summed E-state index contributed by atoms with van der Waals surface area (Å²) in [5.74, 6) is -0.0914. The van der Waals surface area contributed by atoms with Crippen LogP contribution in [0.4, 0.5) is 10.7 Å². The first-order valence-electron chi connectivity index (χ1n) is 10.8. The lowest BCUT2D eigenvalue weighted by molar-refractivity contribution is 0.102. The average molecular weight is 441 g/mol. The van der Waals surface area contributed by atoms with Gasteiger partial charge in [0, 0.05) is 21.7 Å². The highest BCUT2D eigenvalue weighted by atomic mass is 32.1. The molecule has 2 N–H and O–H groups in total. The van der Waals surface area contributed by atoms with E-state index in [1.54, 1.807) is 11.3 Å². The van der Waals surface area contributed by atoms with E-state index in [4.69, 9.17) is 0 Å². The maximum absolute atomic E-state index is 13.0. The number of carbonyl (C=O) groups excluding carboxylic acids is 1. The summed E-state index contributed by atoms with van der Waals surface area (Å²) in [5.41, 5.74) is 7.62. The Bertz CT molecular complexity index is 1210. The zero-order valence-corrected chi connectivity index (χ0v) is 19.7. The third-order valence-corrected chi connectivity index (χ3v) is 6.79. The fourth-order valence-corrected chi connectivity index (χ4v) is 5.14. The normalized spacial score (nSPS) is 11.8. The van der Waals surface area contributed by atoms with E-state index in [9.17, 15) is 4.79 Å². The summed E-state index contributed by atoms with van der Waals surface area (Å²) < 4.78 is 0. The van der Waals surface area contributed by atoms with Crippen molar-refractivity contribution in [2.75, 3.05) is 10.6 Å². The Morgan fingerprint density at radius 2 is 1.41 bits per heavy atom. The first kappa shape index (κ1) is 21.8. The predicted molar refractivity (Wildman–Crippen MR) is 136 cm³/mol. The van der Waals surface area contributed by atoms with Crippen LogP contribution in [-0.4, -0.2) is 5.91 Å². The molecule has 0 aliphatic rings. The molecule has 162 valence electrons. The summed E-state index contributed by atoms with van der Waals surface area (Å²) in [6, 6.07) is 26.2. The van der Waals surface area contributed by atoms with Gasteiger partial charge < -0.3 is 10.6 Å². The van der Waals surface area contributed by atoms with Crippen LogP contribution >= 0.6 is 11.3 Å². The average Bonchev–Trinajstić information content (AvgIpc) is 3.05. The van der Waals surface area contributed by atoms with E-state index in [2.05, 4.69) is 80.8 Å². The number of amides is 1. The molecule has 0 unspecified atom stereocenters. The van der Waals surface area contributed by atoms with Crippen molar-refractivity contribution in [3.63, 3.8) is 0 Å². The number of nitrogens with one attached hydrogen (secondary N) is 2. The number of hydrogen-bond acceptors (Lipinski definition) is 3. The number of hydrogen-bond donors (Lipinski definition) is 2. The Labute approximate surface area is 194 Å². The van der Waals surface area contributed by atoms with Crippen LogP contribution in [0.15, 0.2) is 78.9 Å². The summed E-state index contributed by atoms with van der Waals surface area (Å²) in [5, 5.41) is 7.83. The Kier molecular flexibility index (Phi) is 6.42. The van der Waals surface area contributed by atoms with Gasteiger partial charge in [0.25, 0.3) is 5.91 Å². The van der Waals surface area contributed by atoms with Gasteiger partial charge in [-0.15, -0.1) is 11.3 Å². The van der Waals surface area contributed by atoms with Crippen LogP contribution in [0.3, 0.4) is 0 Å². The van der Waals surface area contributed by atoms with E-state index >= 15 is 0 Å². The van der Waals surface area contributed by atoms with Crippen molar-refractivity contribution in [2.24, 2.45) is 0 Å². The Morgan fingerprint density at radius 3 is 2.03 bits per heavy atom. The third-order valence-electron chi connectivity index (χ3n) is 5.65. The summed E-state index contributed by atoms with van der Waals surface area (Å²) in [6.45, 7) is 8.47. The summed E-state index contributed by atoms with van der Waals surface area (Å²) >= 11 is 1.63. The van der Waals surface area contributed by atoms with Crippen LogP contribution in [0.5, 0.6) is 0 Å². The zero-order valence-electron chi connectivity index (χ0n) is 18.9. The maximum Gasteiger partial charge on any atom is 0.256 e. The smallest absolute Gasteiger partial charge is 0.256 e. The van der Waals surface area contributed by atoms with Gasteiger partial charge in [-0.25, -0.2) is 0 Å². The van der Waals surface area contributed by atoms with Crippen molar-refractivity contribution in [3.05, 3.63) is 117 Å². The van der Waals surface area contributed by atoms with Crippen molar-refractivity contribution in [1.82, 2.24) is 0 Å². The second kappa shape index (κ2) is 9.41. The van der Waals surface area contributed by atoms with Gasteiger partial charge in [0.1, 0.15) is 5.00 Å². The Balaban J connectivity index is 1.78. The van der Waals surface area contributed by atoms with Crippen LogP contribution < -0.4 is 10.6 Å². The highest BCUT2D eigenvalue weighted by molar-refractivity contribution is 7.16. The largest absolute Gasteiger partial charge is 0.374 e. The van der Waals surface area contributed by atoms with Crippen LogP contribution in [0.1, 0.15) is 49.1 Å². The molecule has 0 aliphatic carbocycles. The Hall–Kier alpha value is -3.37. The van der Waals surface area contributed by atoms with Crippen molar-refractivity contribution < 1.29 is 4.79 Å². The molecule has 0 radical (unpaired) electrons. The molecule has 32 heavy (non-hydrogen) atoms. The molecule has 1 aromatic heterocycles. The first-order chi connectivity index (χ1) is 15.4. The lowest BCUT2D eigenvalue weighted by Crippen LogP contribution is -2.17. The molecule has 0 saturated carbocycles. The minimum atomic E-state index is -0.0914. The SMILES string of the molecule is Cc1cc(C)cc(N[C@H](c2ccccc2)c2c(NC(=O)c3ccccc3)sc(C)c2C)c1. The van der Waals surface area contributed by atoms with Gasteiger partial charge in [-0.2, -0.15) is 0 Å². The minimum Gasteiger partial charge on any atom is -0.374 e. The Morgan fingerprint density at radius 1 is 0.812 bits per heavy atom. The maximum atomic E-state index is 13.0. The zero-order chi connectivity index (χ0) is 22.7. The molecule has 0 aliphatic heterocycles. The van der Waals surface area contributed by atoms with E-state index in [1.807, 2.05) is 36.4 Å². The summed E-state index contributed by atoms with van der Waals surface area (Å²) in [7, 11) is 0. The molecule has 4 heteroatoms. The number of anilines is 2. The van der Waals surface area contributed by atoms with Crippen LogP contribution in [0, 0.1) is 27.7 Å². The molecule has 3 aromatic carbocycles. The van der Waals surface area contributed by atoms with E-state index in [1.165, 1.54) is 21.6 Å². The highest BCUT2D eigenvalue weighted by Gasteiger charge is 2.25. The lowest BCUT2D eigenvalue weighted by Gasteiger charge is -2.23. The van der Waals surface area contributed by atoms with E-state index in [0.717, 1.165) is 21.8 Å². The molecule has 1 heterocycles. The molecule has 4 rings (SSSR count). The number of rotatable bonds is 6. The molecule has 0 fully saturated rings. The van der Waals surface area contributed by atoms with Gasteiger partial charge in [0.2, 0.25) is 0 Å². The molecular formula is C28H28N2OS. The number of aryl methyl sites for hydroxylation is 3. The second-order valence-electron chi connectivity index (χ2n) is 8.21. The monoisotopic (exact) mass is 440 g/mol. The topological polar surface area (TPSA) is 41.1 Å². The quantitative estimate of drug-likeness (QED) is 0.327. The van der Waals surface area contributed by atoms with E-state index in [0.29, 0.717) is 5.56 Å². The molecule has 0 spiro atoms. The molecule has 4 aromatic rings. The van der Waals surface area contributed by atoms with Gasteiger partial charge in [0.05, 0.1) is 6.04 Å². The summed E-state index contributed by atoms with van der Waals surface area (Å²) in [4.78, 5) is 14.2. The van der Waals surface area contributed by atoms with Gasteiger partial charge in [0.15, 0.2) is 0 Å². The molecule has 1 atom stereocenters. The van der Waals surface area contributed by atoms with Crippen molar-refractivity contribution >= 4 is 27.9 Å². The number of benzene rings is 3. The fraction of sp³-hybridized carbons (Fsp3) is 0.179. The third kappa shape index (κ3) is 4.76. The van der Waals surface area contributed by atoms with Gasteiger partial charge in [-0.3, -0.25) is 4.79 Å². The van der Waals surface area contributed by atoms with E-state index in [-0.39, 0.29) is 11.9 Å². The van der Waals surface area contributed by atoms with Gasteiger partial charge in [-0.1, -0.05) is 54.6 Å². The van der Waals surface area contributed by atoms with Crippen molar-refractivity contribution in [3.8, 4) is 0 Å². The summed E-state index contributed by atoms with van der Waals surface area (Å²) in [6.07, 6.45) is 0. The molecular weight excluding hydrogens is 412 g/mol. The lowest BCUT2D eigenvalue weighted by atomic mass is 9.95. The predicted octanol–water partition coefficient (Wildman–Crippen LogP) is 7.44. The first-order valence-corrected chi connectivity index (χ1v) is 11.6. The van der Waals surface area contributed by atoms with Gasteiger partial charge in [-0.05, 0) is 74.2 Å². The second-order valence-corrected chi connectivity index (χ2v) is 9.44. The van der Waals surface area contributed by atoms with Gasteiger partial charge >= 0.3 is 0 Å². The molecule has 3 nitrogen and oxygen atoms in total. The molecule has 1 amide bonds. The van der Waals surface area contributed by atoms with Crippen molar-refractivity contribution in [1.29, 1.82) is 0 Å². The minimum absolute atomic E-state index is 0.0894. The standard InChI is InChI=1S/C28H28N2OS/c1-18-15-19(2)17-24(16-18)29-26(22-11-7-5-8-12-22)25-20(3)21(4)32-28(25)30-27(31)23-13-9-6-10-14-23/h5-17,26,29H,1-4H3,(H,30,31)/t26-/m1/s1.